The number of rotatable bonds is 11. The van der Waals surface area contributed by atoms with Gasteiger partial charge in [-0.15, -0.1) is 5.10 Å². The molecule has 0 radical (unpaired) electrons. The normalized spacial score (nSPS) is 21.5. The van der Waals surface area contributed by atoms with Gasteiger partial charge >= 0.3 is 6.09 Å². The second kappa shape index (κ2) is 14.1. The van der Waals surface area contributed by atoms with Crippen molar-refractivity contribution in [3.63, 3.8) is 0 Å². The maximum atomic E-state index is 14.6. The van der Waals surface area contributed by atoms with Gasteiger partial charge in [-0.1, -0.05) is 67.6 Å². The van der Waals surface area contributed by atoms with Crippen LogP contribution in [0.3, 0.4) is 0 Å². The molecule has 242 valence electrons. The van der Waals surface area contributed by atoms with E-state index in [2.05, 4.69) is 24.2 Å². The van der Waals surface area contributed by atoms with Crippen LogP contribution in [0.1, 0.15) is 62.8 Å². The Hall–Kier alpha value is -3.80. The van der Waals surface area contributed by atoms with E-state index in [1.165, 1.54) is 0 Å². The van der Waals surface area contributed by atoms with Crippen LogP contribution < -0.4 is 0 Å². The van der Waals surface area contributed by atoms with Crippen LogP contribution in [0.4, 0.5) is 4.79 Å². The molecule has 2 amide bonds. The highest BCUT2D eigenvalue weighted by Gasteiger charge is 2.50. The van der Waals surface area contributed by atoms with Crippen LogP contribution in [-0.4, -0.2) is 87.6 Å². The number of para-hydroxylation sites is 1. The van der Waals surface area contributed by atoms with E-state index in [9.17, 15) is 9.59 Å². The second-order valence-electron chi connectivity index (χ2n) is 13.2. The highest BCUT2D eigenvalue weighted by molar-refractivity contribution is 5.93. The molecule has 3 heterocycles. The summed E-state index contributed by atoms with van der Waals surface area (Å²) in [4.78, 5) is 31.4. The molecule has 0 saturated carbocycles. The summed E-state index contributed by atoms with van der Waals surface area (Å²) in [5, 5.41) is 8.84. The van der Waals surface area contributed by atoms with Gasteiger partial charge in [0, 0.05) is 32.7 Å². The van der Waals surface area contributed by atoms with Gasteiger partial charge < -0.3 is 28.7 Å². The van der Waals surface area contributed by atoms with Gasteiger partial charge in [0.2, 0.25) is 0 Å². The Morgan fingerprint density at radius 2 is 1.71 bits per heavy atom. The molecular weight excluding hydrogens is 574 g/mol. The summed E-state index contributed by atoms with van der Waals surface area (Å²) in [6, 6.07) is 19.2. The van der Waals surface area contributed by atoms with Crippen LogP contribution >= 0.6 is 0 Å². The number of hydrogen-bond donors (Lipinski definition) is 0. The number of hydrogen-bond acceptors (Lipinski definition) is 8. The Kier molecular flexibility index (Phi) is 10.2. The standard InChI is InChI=1S/C34H45N5O6/c1-23(2)18-38(27-17-25(30-32(42-6)44-30)19-37(20-27)33(41)45-34(3,4)5)31(40)29-28(22-43-21-24-13-9-7-10-14-24)39(36-35-29)26-15-11-8-12-16-26/h7-16,23,25,27,30,32H,17-22H2,1-6H3/t25-,27?,30?,32?/m1/s1. The van der Waals surface area contributed by atoms with E-state index in [1.807, 2.05) is 86.3 Å². The van der Waals surface area contributed by atoms with Crippen LogP contribution in [0.2, 0.25) is 0 Å². The van der Waals surface area contributed by atoms with E-state index in [-0.39, 0.29) is 48.5 Å². The van der Waals surface area contributed by atoms with Gasteiger partial charge in [-0.25, -0.2) is 9.48 Å². The van der Waals surface area contributed by atoms with Crippen molar-refractivity contribution in [3.8, 4) is 5.69 Å². The SMILES string of the molecule is COC1OC1[C@@H]1CC(N(CC(C)C)C(=O)c2nnn(-c3ccccc3)c2COCc2ccccc2)CN(C(=O)OC(C)(C)C)C1. The maximum absolute atomic E-state index is 14.6. The zero-order valence-electron chi connectivity index (χ0n) is 27.1. The summed E-state index contributed by atoms with van der Waals surface area (Å²) in [7, 11) is 1.61. The number of epoxide rings is 1. The lowest BCUT2D eigenvalue weighted by atomic mass is 9.90. The smallest absolute Gasteiger partial charge is 0.410 e. The number of methoxy groups -OCH3 is 1. The molecule has 11 heteroatoms. The Bertz CT molecular complexity index is 1420. The van der Waals surface area contributed by atoms with E-state index in [0.29, 0.717) is 38.4 Å². The number of amides is 2. The molecule has 3 aromatic rings. The van der Waals surface area contributed by atoms with Crippen molar-refractivity contribution in [2.75, 3.05) is 26.7 Å². The first kappa shape index (κ1) is 32.6. The van der Waals surface area contributed by atoms with Gasteiger partial charge in [0.15, 0.2) is 12.0 Å². The minimum Gasteiger partial charge on any atom is -0.444 e. The van der Waals surface area contributed by atoms with Crippen LogP contribution in [0.15, 0.2) is 60.7 Å². The van der Waals surface area contributed by atoms with Crippen LogP contribution in [0.5, 0.6) is 0 Å². The molecular formula is C34H45N5O6. The number of aromatic nitrogens is 3. The minimum atomic E-state index is -0.650. The third-order valence-corrected chi connectivity index (χ3v) is 7.87. The van der Waals surface area contributed by atoms with E-state index >= 15 is 0 Å². The molecule has 1 aromatic heterocycles. The average Bonchev–Trinajstić information content (AvgIpc) is 3.70. The number of piperidine rings is 1. The average molecular weight is 620 g/mol. The minimum absolute atomic E-state index is 0.0302. The molecule has 0 aliphatic carbocycles. The van der Waals surface area contributed by atoms with Gasteiger partial charge in [-0.05, 0) is 50.8 Å². The fraction of sp³-hybridized carbons (Fsp3) is 0.529. The van der Waals surface area contributed by atoms with Crippen molar-refractivity contribution in [1.29, 1.82) is 0 Å². The molecule has 2 aliphatic rings. The summed E-state index contributed by atoms with van der Waals surface area (Å²) in [5.74, 6) is -0.119. The molecule has 2 aliphatic heterocycles. The molecule has 11 nitrogen and oxygen atoms in total. The fourth-order valence-corrected chi connectivity index (χ4v) is 5.82. The van der Waals surface area contributed by atoms with Crippen molar-refractivity contribution in [1.82, 2.24) is 24.8 Å². The molecule has 3 unspecified atom stereocenters. The number of benzene rings is 2. The molecule has 0 N–H and O–H groups in total. The molecule has 2 saturated heterocycles. The first-order chi connectivity index (χ1) is 21.5. The maximum Gasteiger partial charge on any atom is 0.410 e. The lowest BCUT2D eigenvalue weighted by molar-refractivity contribution is -0.00161. The molecule has 45 heavy (non-hydrogen) atoms. The van der Waals surface area contributed by atoms with E-state index in [1.54, 1.807) is 16.7 Å². The van der Waals surface area contributed by atoms with Crippen molar-refractivity contribution in [2.24, 2.45) is 11.8 Å². The topological polar surface area (TPSA) is 112 Å². The quantitative estimate of drug-likeness (QED) is 0.273. The zero-order valence-corrected chi connectivity index (χ0v) is 27.1. The fourth-order valence-electron chi connectivity index (χ4n) is 5.82. The summed E-state index contributed by atoms with van der Waals surface area (Å²) in [6.45, 7) is 11.5. The summed E-state index contributed by atoms with van der Waals surface area (Å²) in [5.41, 5.74) is 1.96. The van der Waals surface area contributed by atoms with Gasteiger partial charge in [-0.2, -0.15) is 0 Å². The Morgan fingerprint density at radius 3 is 2.33 bits per heavy atom. The molecule has 4 atom stereocenters. The van der Waals surface area contributed by atoms with Crippen molar-refractivity contribution < 1.29 is 28.5 Å². The Labute approximate surface area is 265 Å². The largest absolute Gasteiger partial charge is 0.444 e. The van der Waals surface area contributed by atoms with Gasteiger partial charge in [0.05, 0.1) is 24.9 Å². The monoisotopic (exact) mass is 619 g/mol. The molecule has 0 bridgehead atoms. The number of carbonyl (C=O) groups is 2. The Morgan fingerprint density at radius 1 is 1.02 bits per heavy atom. The van der Waals surface area contributed by atoms with E-state index in [4.69, 9.17) is 18.9 Å². The molecule has 5 rings (SSSR count). The van der Waals surface area contributed by atoms with Crippen molar-refractivity contribution in [2.45, 2.75) is 78.3 Å². The summed E-state index contributed by atoms with van der Waals surface area (Å²) < 4.78 is 24.8. The van der Waals surface area contributed by atoms with Crippen LogP contribution in [0.25, 0.3) is 5.69 Å². The van der Waals surface area contributed by atoms with Crippen LogP contribution in [-0.2, 0) is 32.2 Å². The van der Waals surface area contributed by atoms with Crippen molar-refractivity contribution in [3.05, 3.63) is 77.6 Å². The van der Waals surface area contributed by atoms with Crippen LogP contribution in [0, 0.1) is 11.8 Å². The number of nitrogens with zero attached hydrogens (tertiary/aromatic N) is 5. The number of ether oxygens (including phenoxy) is 4. The van der Waals surface area contributed by atoms with E-state index in [0.717, 1.165) is 11.3 Å². The molecule has 2 aromatic carbocycles. The zero-order chi connectivity index (χ0) is 32.1. The number of carbonyl (C=O) groups excluding carboxylic acids is 2. The van der Waals surface area contributed by atoms with Gasteiger partial charge in [0.25, 0.3) is 5.91 Å². The first-order valence-corrected chi connectivity index (χ1v) is 15.6. The predicted molar refractivity (Wildman–Crippen MR) is 168 cm³/mol. The molecule has 0 spiro atoms. The number of likely N-dealkylation sites (tertiary alicyclic amines) is 1. The van der Waals surface area contributed by atoms with Crippen molar-refractivity contribution >= 4 is 12.0 Å². The lowest BCUT2D eigenvalue weighted by Crippen LogP contribution is -2.56. The second-order valence-corrected chi connectivity index (χ2v) is 13.2. The highest BCUT2D eigenvalue weighted by Crippen LogP contribution is 2.37. The van der Waals surface area contributed by atoms with Gasteiger partial charge in [0.1, 0.15) is 17.4 Å². The third kappa shape index (κ3) is 8.27. The summed E-state index contributed by atoms with van der Waals surface area (Å²) in [6.07, 6.45) is -0.231. The third-order valence-electron chi connectivity index (χ3n) is 7.87. The lowest BCUT2D eigenvalue weighted by Gasteiger charge is -2.43. The molecule has 2 fully saturated rings. The van der Waals surface area contributed by atoms with E-state index < -0.39 is 11.7 Å². The first-order valence-electron chi connectivity index (χ1n) is 15.6. The van der Waals surface area contributed by atoms with Gasteiger partial charge in [-0.3, -0.25) is 4.79 Å². The Balaban J connectivity index is 1.45. The summed E-state index contributed by atoms with van der Waals surface area (Å²) >= 11 is 0. The predicted octanol–water partition coefficient (Wildman–Crippen LogP) is 5.08. The highest BCUT2D eigenvalue weighted by atomic mass is 16.8.